The highest BCUT2D eigenvalue weighted by Crippen LogP contribution is 2.26. The van der Waals surface area contributed by atoms with Crippen LogP contribution in [0.5, 0.6) is 0 Å². The van der Waals surface area contributed by atoms with Gasteiger partial charge >= 0.3 is 6.03 Å². The van der Waals surface area contributed by atoms with Crippen LogP contribution in [0.15, 0.2) is 42.7 Å². The first-order valence-electron chi connectivity index (χ1n) is 8.75. The van der Waals surface area contributed by atoms with Crippen molar-refractivity contribution < 1.29 is 4.79 Å². The fraction of sp³-hybridized carbons (Fsp3) is 0.400. The zero-order chi connectivity index (χ0) is 17.8. The summed E-state index contributed by atoms with van der Waals surface area (Å²) in [6, 6.07) is 9.91. The van der Waals surface area contributed by atoms with E-state index in [1.54, 1.807) is 6.20 Å². The molecule has 0 fully saturated rings. The van der Waals surface area contributed by atoms with Gasteiger partial charge in [0.25, 0.3) is 0 Å². The molecule has 0 saturated carbocycles. The molecule has 1 atom stereocenters. The predicted molar refractivity (Wildman–Crippen MR) is 101 cm³/mol. The molecule has 3 rings (SSSR count). The van der Waals surface area contributed by atoms with Gasteiger partial charge in [-0.15, -0.1) is 0 Å². The average molecular weight is 358 g/mol. The highest BCUT2D eigenvalue weighted by atomic mass is 35.5. The van der Waals surface area contributed by atoms with E-state index in [0.29, 0.717) is 25.6 Å². The molecule has 1 unspecified atom stereocenters. The van der Waals surface area contributed by atoms with Gasteiger partial charge in [-0.2, -0.15) is 0 Å². The zero-order valence-corrected chi connectivity index (χ0v) is 15.5. The second-order valence-electron chi connectivity index (χ2n) is 6.87. The molecule has 0 radical (unpaired) electrons. The summed E-state index contributed by atoms with van der Waals surface area (Å²) in [6.45, 7) is 6.26. The fourth-order valence-corrected chi connectivity index (χ4v) is 3.67. The molecule has 25 heavy (non-hydrogen) atoms. The predicted octanol–water partition coefficient (Wildman–Crippen LogP) is 4.24. The Balaban J connectivity index is 1.63. The van der Waals surface area contributed by atoms with Gasteiger partial charge in [0.05, 0.1) is 0 Å². The van der Waals surface area contributed by atoms with Crippen molar-refractivity contribution in [3.8, 4) is 0 Å². The van der Waals surface area contributed by atoms with Gasteiger partial charge in [-0.1, -0.05) is 43.6 Å². The molecular weight excluding hydrogens is 334 g/mol. The quantitative estimate of drug-likeness (QED) is 0.889. The number of aromatic nitrogens is 1. The molecule has 4 nitrogen and oxygen atoms in total. The Morgan fingerprint density at radius 1 is 1.32 bits per heavy atom. The number of fused-ring (bicyclic) bond motifs is 1. The minimum absolute atomic E-state index is 0.0137. The third-order valence-corrected chi connectivity index (χ3v) is 5.24. The number of rotatable bonds is 4. The molecule has 2 heterocycles. The maximum Gasteiger partial charge on any atom is 0.317 e. The minimum Gasteiger partial charge on any atom is -0.337 e. The zero-order valence-electron chi connectivity index (χ0n) is 14.7. The molecule has 2 aromatic rings. The molecule has 1 aromatic carbocycles. The third kappa shape index (κ3) is 4.13. The molecule has 5 heteroatoms. The number of nitrogens with zero attached hydrogens (tertiary/aromatic N) is 2. The molecule has 1 N–H and O–H groups in total. The Morgan fingerprint density at radius 2 is 2.16 bits per heavy atom. The van der Waals surface area contributed by atoms with E-state index in [1.807, 2.05) is 35.4 Å². The largest absolute Gasteiger partial charge is 0.337 e. The summed E-state index contributed by atoms with van der Waals surface area (Å²) in [5.74, 6) is 0.676. The summed E-state index contributed by atoms with van der Waals surface area (Å²) >= 11 is 6.25. The maximum atomic E-state index is 12.6. The van der Waals surface area contributed by atoms with Crippen LogP contribution in [0.3, 0.4) is 0 Å². The summed E-state index contributed by atoms with van der Waals surface area (Å²) < 4.78 is 0. The number of hydrogen-bond donors (Lipinski definition) is 1. The lowest BCUT2D eigenvalue weighted by molar-refractivity contribution is 0.191. The van der Waals surface area contributed by atoms with Crippen LogP contribution in [-0.4, -0.2) is 29.0 Å². The van der Waals surface area contributed by atoms with E-state index in [1.165, 1.54) is 5.56 Å². The number of halogens is 1. The number of carbonyl (C=O) groups excluding carboxylic acids is 1. The second-order valence-corrected chi connectivity index (χ2v) is 7.28. The summed E-state index contributed by atoms with van der Waals surface area (Å²) in [5, 5.41) is 3.90. The Hall–Kier alpha value is -2.07. The third-order valence-electron chi connectivity index (χ3n) is 4.89. The highest BCUT2D eigenvalue weighted by Gasteiger charge is 2.23. The molecule has 2 amide bonds. The lowest BCUT2D eigenvalue weighted by atomic mass is 9.89. The van der Waals surface area contributed by atoms with Crippen molar-refractivity contribution in [2.75, 3.05) is 13.1 Å². The van der Waals surface area contributed by atoms with E-state index in [0.717, 1.165) is 22.6 Å². The molecule has 0 spiro atoms. The Labute approximate surface area is 154 Å². The highest BCUT2D eigenvalue weighted by molar-refractivity contribution is 6.31. The van der Waals surface area contributed by atoms with Gasteiger partial charge in [0, 0.05) is 43.0 Å². The van der Waals surface area contributed by atoms with Crippen molar-refractivity contribution in [2.45, 2.75) is 32.7 Å². The summed E-state index contributed by atoms with van der Waals surface area (Å²) in [4.78, 5) is 18.7. The molecule has 1 aromatic heterocycles. The second kappa shape index (κ2) is 7.87. The van der Waals surface area contributed by atoms with Gasteiger partial charge < -0.3 is 10.2 Å². The normalized spacial score (nSPS) is 15.0. The lowest BCUT2D eigenvalue weighted by Gasteiger charge is -2.30. The average Bonchev–Trinajstić information content (AvgIpc) is 2.62. The SMILES string of the molecule is CC(C)C(CNC(=O)N1CCc2c(Cl)cccc2C1)c1cccnc1. The molecule has 1 aliphatic rings. The number of pyridine rings is 1. The standard InChI is InChI=1S/C20H24ClN3O/c1-14(2)18(15-6-4-9-22-11-15)12-23-20(25)24-10-8-17-16(13-24)5-3-7-19(17)21/h3-7,9,11,14,18H,8,10,12-13H2,1-2H3,(H,23,25). The number of nitrogens with one attached hydrogen (secondary N) is 1. The monoisotopic (exact) mass is 357 g/mol. The number of benzene rings is 1. The van der Waals surface area contributed by atoms with Crippen LogP contribution in [0.25, 0.3) is 0 Å². The molecule has 0 saturated heterocycles. The first-order chi connectivity index (χ1) is 12.1. The van der Waals surface area contributed by atoms with Crippen LogP contribution in [0.2, 0.25) is 5.02 Å². The van der Waals surface area contributed by atoms with E-state index >= 15 is 0 Å². The number of carbonyl (C=O) groups is 1. The van der Waals surface area contributed by atoms with Crippen LogP contribution in [0.1, 0.15) is 36.5 Å². The van der Waals surface area contributed by atoms with Gasteiger partial charge in [0.1, 0.15) is 0 Å². The minimum atomic E-state index is -0.0137. The molecule has 0 aliphatic carbocycles. The van der Waals surface area contributed by atoms with Crippen LogP contribution in [0.4, 0.5) is 4.79 Å². The van der Waals surface area contributed by atoms with Crippen molar-refractivity contribution in [1.82, 2.24) is 15.2 Å². The topological polar surface area (TPSA) is 45.2 Å². The van der Waals surface area contributed by atoms with Crippen LogP contribution in [0, 0.1) is 5.92 Å². The molecule has 0 bridgehead atoms. The first kappa shape index (κ1) is 17.7. The van der Waals surface area contributed by atoms with E-state index in [9.17, 15) is 4.79 Å². The Morgan fingerprint density at radius 3 is 2.88 bits per heavy atom. The van der Waals surface area contributed by atoms with Crippen LogP contribution < -0.4 is 5.32 Å². The number of urea groups is 1. The summed E-state index contributed by atoms with van der Waals surface area (Å²) in [6.07, 6.45) is 4.46. The van der Waals surface area contributed by atoms with Gasteiger partial charge in [-0.05, 0) is 41.2 Å². The van der Waals surface area contributed by atoms with Crippen molar-refractivity contribution in [1.29, 1.82) is 0 Å². The van der Waals surface area contributed by atoms with Crippen molar-refractivity contribution in [3.63, 3.8) is 0 Å². The van der Waals surface area contributed by atoms with E-state index in [-0.39, 0.29) is 11.9 Å². The van der Waals surface area contributed by atoms with E-state index in [4.69, 9.17) is 11.6 Å². The van der Waals surface area contributed by atoms with E-state index < -0.39 is 0 Å². The van der Waals surface area contributed by atoms with Gasteiger partial charge in [-0.25, -0.2) is 4.79 Å². The molecular formula is C20H24ClN3O. The lowest BCUT2D eigenvalue weighted by Crippen LogP contribution is -2.44. The van der Waals surface area contributed by atoms with Gasteiger partial charge in [0.2, 0.25) is 0 Å². The van der Waals surface area contributed by atoms with Crippen LogP contribution >= 0.6 is 11.6 Å². The summed E-state index contributed by atoms with van der Waals surface area (Å²) in [5.41, 5.74) is 3.47. The molecule has 132 valence electrons. The van der Waals surface area contributed by atoms with Crippen molar-refractivity contribution in [2.24, 2.45) is 5.92 Å². The maximum absolute atomic E-state index is 12.6. The van der Waals surface area contributed by atoms with Gasteiger partial charge in [-0.3, -0.25) is 4.98 Å². The number of amides is 2. The fourth-order valence-electron chi connectivity index (χ4n) is 3.38. The summed E-state index contributed by atoms with van der Waals surface area (Å²) in [7, 11) is 0. The van der Waals surface area contributed by atoms with Gasteiger partial charge in [0.15, 0.2) is 0 Å². The van der Waals surface area contributed by atoms with E-state index in [2.05, 4.69) is 30.2 Å². The first-order valence-corrected chi connectivity index (χ1v) is 9.13. The molecule has 1 aliphatic heterocycles. The Bertz CT molecular complexity index is 733. The number of hydrogen-bond acceptors (Lipinski definition) is 2. The van der Waals surface area contributed by atoms with Crippen molar-refractivity contribution >= 4 is 17.6 Å². The smallest absolute Gasteiger partial charge is 0.317 e. The van der Waals surface area contributed by atoms with Crippen molar-refractivity contribution in [3.05, 3.63) is 64.4 Å². The Kier molecular flexibility index (Phi) is 5.59. The van der Waals surface area contributed by atoms with Crippen LogP contribution in [-0.2, 0) is 13.0 Å².